The Morgan fingerprint density at radius 3 is 1.72 bits per heavy atom. The van der Waals surface area contributed by atoms with Crippen molar-refractivity contribution in [1.29, 1.82) is 0 Å². The van der Waals surface area contributed by atoms with Crippen LogP contribution in [0, 0.1) is 0 Å². The Morgan fingerprint density at radius 1 is 0.660 bits per heavy atom. The highest BCUT2D eigenvalue weighted by Gasteiger charge is 2.46. The SMILES string of the molecule is CCCC/C=C/CCCCCCCCCCCC(=O)OC[C@H](CO[C@H]1O[C@H](CS(=O)(=O)O)[C@@H](O)C(O)C1O)OC(=O)CCCCCCCCC. The Morgan fingerprint density at radius 2 is 1.16 bits per heavy atom. The number of allylic oxidation sites excluding steroid dienone is 2. The molecule has 0 aliphatic carbocycles. The summed E-state index contributed by atoms with van der Waals surface area (Å²) in [5.41, 5.74) is 0. The van der Waals surface area contributed by atoms with Crippen LogP contribution in [-0.4, -0.2) is 96.0 Å². The Hall–Kier alpha value is -1.61. The monoisotopic (exact) mass is 736 g/mol. The number of hydrogen-bond donors (Lipinski definition) is 4. The van der Waals surface area contributed by atoms with Crippen molar-refractivity contribution in [2.75, 3.05) is 19.0 Å². The number of aliphatic hydroxyl groups excluding tert-OH is 3. The summed E-state index contributed by atoms with van der Waals surface area (Å²) in [7, 11) is -4.59. The molecule has 0 spiro atoms. The van der Waals surface area contributed by atoms with Crippen LogP contribution in [-0.2, 0) is 38.7 Å². The zero-order chi connectivity index (χ0) is 37.0. The van der Waals surface area contributed by atoms with Crippen LogP contribution in [0.25, 0.3) is 0 Å². The van der Waals surface area contributed by atoms with Crippen LogP contribution in [0.2, 0.25) is 0 Å². The van der Waals surface area contributed by atoms with Gasteiger partial charge in [0.2, 0.25) is 0 Å². The van der Waals surface area contributed by atoms with Gasteiger partial charge in [0.15, 0.2) is 12.4 Å². The minimum atomic E-state index is -4.59. The van der Waals surface area contributed by atoms with E-state index in [0.29, 0.717) is 12.8 Å². The fraction of sp³-hybridized carbons (Fsp3) is 0.892. The number of carbonyl (C=O) groups is 2. The Balaban J connectivity index is 2.46. The van der Waals surface area contributed by atoms with Crippen molar-refractivity contribution >= 4 is 22.1 Å². The second kappa shape index (κ2) is 28.9. The van der Waals surface area contributed by atoms with Gasteiger partial charge < -0.3 is 34.3 Å². The molecule has 50 heavy (non-hydrogen) atoms. The first-order chi connectivity index (χ1) is 24.0. The molecule has 0 aromatic rings. The molecule has 1 saturated heterocycles. The van der Waals surface area contributed by atoms with Gasteiger partial charge in [-0.1, -0.05) is 122 Å². The van der Waals surface area contributed by atoms with Crippen molar-refractivity contribution in [1.82, 2.24) is 0 Å². The third kappa shape index (κ3) is 23.8. The lowest BCUT2D eigenvalue weighted by Crippen LogP contribution is -2.60. The van der Waals surface area contributed by atoms with E-state index in [-0.39, 0.29) is 19.4 Å². The molecule has 6 atom stereocenters. The van der Waals surface area contributed by atoms with E-state index in [0.717, 1.165) is 51.4 Å². The molecular weight excluding hydrogens is 668 g/mol. The van der Waals surface area contributed by atoms with E-state index in [2.05, 4.69) is 26.0 Å². The number of carbonyl (C=O) groups excluding carboxylic acids is 2. The number of rotatable bonds is 31. The van der Waals surface area contributed by atoms with Gasteiger partial charge in [0.05, 0.1) is 6.61 Å². The topological polar surface area (TPSA) is 186 Å². The standard InChI is InChI=1S/C37H68O12S/c1-3-5-7-9-11-12-13-14-15-16-17-18-20-21-23-25-32(38)46-27-30(48-33(39)26-24-22-19-10-8-6-4-2)28-47-37-36(42)35(41)34(40)31(49-37)29-50(43,44)45/h9,11,30-31,34-37,40-42H,3-8,10,12-29H2,1-2H3,(H,43,44,45)/b11-9+/t30-,31-,34-,35?,36?,37+/m1/s1. The molecule has 1 heterocycles. The molecule has 4 N–H and O–H groups in total. The van der Waals surface area contributed by atoms with Gasteiger partial charge in [0, 0.05) is 12.8 Å². The lowest BCUT2D eigenvalue weighted by atomic mass is 10.00. The van der Waals surface area contributed by atoms with Gasteiger partial charge in [-0.2, -0.15) is 8.42 Å². The minimum Gasteiger partial charge on any atom is -0.462 e. The van der Waals surface area contributed by atoms with E-state index in [4.69, 9.17) is 18.9 Å². The zero-order valence-electron chi connectivity index (χ0n) is 30.8. The average molecular weight is 737 g/mol. The van der Waals surface area contributed by atoms with E-state index in [1.165, 1.54) is 64.2 Å². The normalized spacial score (nSPS) is 21.8. The molecule has 0 aromatic carbocycles. The summed E-state index contributed by atoms with van der Waals surface area (Å²) < 4.78 is 53.6. The Bertz CT molecular complexity index is 1000. The maximum absolute atomic E-state index is 12.6. The van der Waals surface area contributed by atoms with Crippen LogP contribution < -0.4 is 0 Å². The van der Waals surface area contributed by atoms with E-state index < -0.39 is 71.2 Å². The predicted molar refractivity (Wildman–Crippen MR) is 192 cm³/mol. The molecule has 2 unspecified atom stereocenters. The molecule has 0 radical (unpaired) electrons. The van der Waals surface area contributed by atoms with Crippen LogP contribution >= 0.6 is 0 Å². The van der Waals surface area contributed by atoms with Crippen LogP contribution in [0.3, 0.4) is 0 Å². The van der Waals surface area contributed by atoms with Gasteiger partial charge in [-0.15, -0.1) is 0 Å². The quantitative estimate of drug-likeness (QED) is 0.0269. The molecule has 12 nitrogen and oxygen atoms in total. The predicted octanol–water partition coefficient (Wildman–Crippen LogP) is 6.33. The highest BCUT2D eigenvalue weighted by Crippen LogP contribution is 2.24. The first kappa shape index (κ1) is 46.4. The number of hydrogen-bond acceptors (Lipinski definition) is 11. The molecule has 294 valence electrons. The number of aliphatic hydroxyl groups is 3. The second-order valence-corrected chi connectivity index (χ2v) is 15.1. The zero-order valence-corrected chi connectivity index (χ0v) is 31.6. The van der Waals surface area contributed by atoms with Crippen molar-refractivity contribution in [3.8, 4) is 0 Å². The number of unbranched alkanes of at least 4 members (excludes halogenated alkanes) is 17. The van der Waals surface area contributed by atoms with Gasteiger partial charge in [-0.25, -0.2) is 0 Å². The van der Waals surface area contributed by atoms with Crippen LogP contribution in [0.1, 0.15) is 155 Å². The average Bonchev–Trinajstić information content (AvgIpc) is 3.07. The van der Waals surface area contributed by atoms with Crippen molar-refractivity contribution in [2.45, 2.75) is 192 Å². The lowest BCUT2D eigenvalue weighted by Gasteiger charge is -2.40. The molecule has 0 amide bonds. The largest absolute Gasteiger partial charge is 0.462 e. The van der Waals surface area contributed by atoms with Crippen molar-refractivity contribution < 1.29 is 56.8 Å². The summed E-state index contributed by atoms with van der Waals surface area (Å²) in [4.78, 5) is 25.1. The first-order valence-corrected chi connectivity index (χ1v) is 20.9. The fourth-order valence-electron chi connectivity index (χ4n) is 5.77. The third-order valence-corrected chi connectivity index (χ3v) is 9.60. The van der Waals surface area contributed by atoms with Gasteiger partial charge in [-0.3, -0.25) is 14.1 Å². The van der Waals surface area contributed by atoms with Crippen molar-refractivity contribution in [3.05, 3.63) is 12.2 Å². The molecule has 1 aliphatic heterocycles. The highest BCUT2D eigenvalue weighted by atomic mass is 32.2. The maximum Gasteiger partial charge on any atom is 0.306 e. The summed E-state index contributed by atoms with van der Waals surface area (Å²) >= 11 is 0. The van der Waals surface area contributed by atoms with Gasteiger partial charge in [0.25, 0.3) is 10.1 Å². The van der Waals surface area contributed by atoms with Crippen molar-refractivity contribution in [2.24, 2.45) is 0 Å². The summed E-state index contributed by atoms with van der Waals surface area (Å²) in [5.74, 6) is -1.99. The van der Waals surface area contributed by atoms with Crippen LogP contribution in [0.4, 0.5) is 0 Å². The lowest BCUT2D eigenvalue weighted by molar-refractivity contribution is -0.297. The summed E-state index contributed by atoms with van der Waals surface area (Å²) in [6.07, 6.45) is 17.3. The molecular formula is C37H68O12S. The fourth-order valence-corrected chi connectivity index (χ4v) is 6.46. The molecule has 1 fully saturated rings. The van der Waals surface area contributed by atoms with E-state index >= 15 is 0 Å². The Kier molecular flexibility index (Phi) is 26.8. The van der Waals surface area contributed by atoms with E-state index in [1.54, 1.807) is 0 Å². The maximum atomic E-state index is 12.6. The molecule has 0 saturated carbocycles. The molecule has 1 aliphatic rings. The summed E-state index contributed by atoms with van der Waals surface area (Å²) in [6.45, 7) is 3.65. The Labute approximate surface area is 301 Å². The molecule has 0 bridgehead atoms. The van der Waals surface area contributed by atoms with Crippen LogP contribution in [0.5, 0.6) is 0 Å². The smallest absolute Gasteiger partial charge is 0.306 e. The number of esters is 2. The minimum absolute atomic E-state index is 0.165. The molecule has 0 aromatic heterocycles. The van der Waals surface area contributed by atoms with Gasteiger partial charge >= 0.3 is 11.9 Å². The first-order valence-electron chi connectivity index (χ1n) is 19.2. The van der Waals surface area contributed by atoms with E-state index in [9.17, 15) is 37.9 Å². The second-order valence-electron chi connectivity index (χ2n) is 13.6. The summed E-state index contributed by atoms with van der Waals surface area (Å²) in [5, 5.41) is 30.7. The molecule has 13 heteroatoms. The summed E-state index contributed by atoms with van der Waals surface area (Å²) in [6, 6.07) is 0. The van der Waals surface area contributed by atoms with Gasteiger partial charge in [-0.05, 0) is 32.1 Å². The third-order valence-electron chi connectivity index (χ3n) is 8.85. The van der Waals surface area contributed by atoms with Crippen molar-refractivity contribution in [3.63, 3.8) is 0 Å². The number of ether oxygens (including phenoxy) is 4. The van der Waals surface area contributed by atoms with E-state index in [1.807, 2.05) is 0 Å². The highest BCUT2D eigenvalue weighted by molar-refractivity contribution is 7.85. The van der Waals surface area contributed by atoms with Crippen LogP contribution in [0.15, 0.2) is 12.2 Å². The van der Waals surface area contributed by atoms with Gasteiger partial charge in [0.1, 0.15) is 36.8 Å². The molecule has 1 rings (SSSR count).